The molecule has 0 aliphatic carbocycles. The first-order chi connectivity index (χ1) is 18.8. The van der Waals surface area contributed by atoms with Crippen molar-refractivity contribution in [2.45, 2.75) is 25.7 Å². The van der Waals surface area contributed by atoms with Gasteiger partial charge in [-0.2, -0.15) is 5.26 Å². The second kappa shape index (κ2) is 14.7. The van der Waals surface area contributed by atoms with Crippen LogP contribution < -0.4 is 10.6 Å². The number of halogens is 2. The number of carbonyl (C=O) groups is 3. The largest absolute Gasteiger partial charge is 0.449 e. The lowest BCUT2D eigenvalue weighted by Crippen LogP contribution is -2.45. The minimum atomic E-state index is -1.29. The second-order valence-electron chi connectivity index (χ2n) is 8.11. The first-order valence-corrected chi connectivity index (χ1v) is 11.6. The Hall–Kier alpha value is -4.89. The summed E-state index contributed by atoms with van der Waals surface area (Å²) in [6.45, 7) is -1.09. The second-order valence-corrected chi connectivity index (χ2v) is 8.11. The number of nitrogens with one attached hydrogen (secondary N) is 2. The fourth-order valence-electron chi connectivity index (χ4n) is 3.21. The summed E-state index contributed by atoms with van der Waals surface area (Å²) in [7, 11) is 0. The average molecular weight is 539 g/mol. The topological polar surface area (TPSA) is 140 Å². The number of alkyl carbamates (subject to hydrolysis) is 1. The molecule has 3 rings (SSSR count). The van der Waals surface area contributed by atoms with Crippen molar-refractivity contribution >= 4 is 23.7 Å². The van der Waals surface area contributed by atoms with Crippen LogP contribution in [0.25, 0.3) is 0 Å². The molecule has 1 aromatic heterocycles. The molecule has 10 nitrogen and oxygen atoms in total. The van der Waals surface area contributed by atoms with E-state index in [1.807, 2.05) is 0 Å². The number of carbonyl (C=O) groups excluding carboxylic acids is 3. The number of benzene rings is 2. The fourth-order valence-corrected chi connectivity index (χ4v) is 3.21. The number of ether oxygens (including phenoxy) is 3. The van der Waals surface area contributed by atoms with Gasteiger partial charge in [0, 0.05) is 11.9 Å². The Balaban J connectivity index is 1.47. The number of esters is 1. The van der Waals surface area contributed by atoms with Crippen LogP contribution in [0.5, 0.6) is 0 Å². The molecule has 202 valence electrons. The van der Waals surface area contributed by atoms with Crippen LogP contribution in [0.1, 0.15) is 16.7 Å². The molecule has 0 bridgehead atoms. The SMILES string of the molecule is N#CCOC(=O)C(COCc1cncc(F)c1)NC(=O)OCc1ccc(NC(=O)Cc2ccc(F)cc2)cc1. The molecule has 0 spiro atoms. The predicted molar refractivity (Wildman–Crippen MR) is 133 cm³/mol. The van der Waals surface area contributed by atoms with Crippen molar-refractivity contribution in [3.05, 3.63) is 95.3 Å². The summed E-state index contributed by atoms with van der Waals surface area (Å²) in [5.74, 6) is -2.13. The molecule has 39 heavy (non-hydrogen) atoms. The molecule has 2 aromatic carbocycles. The van der Waals surface area contributed by atoms with Gasteiger partial charge in [0.05, 0.1) is 25.8 Å². The number of anilines is 1. The van der Waals surface area contributed by atoms with E-state index in [0.717, 1.165) is 6.20 Å². The molecule has 1 atom stereocenters. The van der Waals surface area contributed by atoms with Crippen molar-refractivity contribution < 1.29 is 37.4 Å². The highest BCUT2D eigenvalue weighted by Crippen LogP contribution is 2.12. The highest BCUT2D eigenvalue weighted by molar-refractivity contribution is 5.92. The van der Waals surface area contributed by atoms with Crippen LogP contribution in [0.15, 0.2) is 67.0 Å². The zero-order chi connectivity index (χ0) is 28.0. The van der Waals surface area contributed by atoms with Gasteiger partial charge in [-0.3, -0.25) is 9.78 Å². The van der Waals surface area contributed by atoms with Gasteiger partial charge < -0.3 is 24.8 Å². The average Bonchev–Trinajstić information content (AvgIpc) is 2.92. The molecule has 0 fully saturated rings. The third-order valence-electron chi connectivity index (χ3n) is 5.06. The van der Waals surface area contributed by atoms with E-state index >= 15 is 0 Å². The fraction of sp³-hybridized carbons (Fsp3) is 0.222. The van der Waals surface area contributed by atoms with E-state index in [9.17, 15) is 23.2 Å². The van der Waals surface area contributed by atoms with Crippen molar-refractivity contribution in [2.75, 3.05) is 18.5 Å². The van der Waals surface area contributed by atoms with Crippen molar-refractivity contribution in [1.82, 2.24) is 10.3 Å². The maximum Gasteiger partial charge on any atom is 0.408 e. The van der Waals surface area contributed by atoms with E-state index in [1.54, 1.807) is 30.3 Å². The standard InChI is InChI=1S/C27H24F2N4O6/c28-21-5-1-18(2-6-21)12-25(34)32-23-7-3-19(4-8-23)16-39-27(36)33-24(26(35)38-10-9-30)17-37-15-20-11-22(29)14-31-13-20/h1-8,11,13-14,24H,10,12,15-17H2,(H,32,34)(H,33,36). The van der Waals surface area contributed by atoms with Crippen LogP contribution >= 0.6 is 0 Å². The number of rotatable bonds is 12. The van der Waals surface area contributed by atoms with Crippen molar-refractivity contribution in [3.8, 4) is 6.07 Å². The molecule has 0 aliphatic heterocycles. The van der Waals surface area contributed by atoms with E-state index in [0.29, 0.717) is 22.4 Å². The normalized spacial score (nSPS) is 11.1. The summed E-state index contributed by atoms with van der Waals surface area (Å²) in [5, 5.41) is 13.7. The Labute approximate surface area is 222 Å². The lowest BCUT2D eigenvalue weighted by atomic mass is 10.1. The number of amides is 2. The van der Waals surface area contributed by atoms with Gasteiger partial charge in [-0.05, 0) is 47.0 Å². The Kier molecular flexibility index (Phi) is 10.8. The van der Waals surface area contributed by atoms with Crippen LogP contribution in [-0.4, -0.2) is 42.2 Å². The van der Waals surface area contributed by atoms with E-state index in [1.165, 1.54) is 36.5 Å². The molecule has 0 saturated heterocycles. The summed E-state index contributed by atoms with van der Waals surface area (Å²) >= 11 is 0. The molecule has 1 heterocycles. The van der Waals surface area contributed by atoms with Gasteiger partial charge in [-0.15, -0.1) is 0 Å². The number of nitriles is 1. The maximum atomic E-state index is 13.3. The van der Waals surface area contributed by atoms with Crippen molar-refractivity contribution in [2.24, 2.45) is 0 Å². The number of pyridine rings is 1. The molecule has 2 N–H and O–H groups in total. The highest BCUT2D eigenvalue weighted by atomic mass is 19.1. The smallest absolute Gasteiger partial charge is 0.408 e. The van der Waals surface area contributed by atoms with Gasteiger partial charge >= 0.3 is 12.1 Å². The summed E-state index contributed by atoms with van der Waals surface area (Å²) in [4.78, 5) is 40.4. The molecule has 12 heteroatoms. The Morgan fingerprint density at radius 1 is 0.897 bits per heavy atom. The number of hydrogen-bond acceptors (Lipinski definition) is 8. The van der Waals surface area contributed by atoms with Gasteiger partial charge in [0.25, 0.3) is 0 Å². The van der Waals surface area contributed by atoms with Crippen LogP contribution in [0, 0.1) is 23.0 Å². The van der Waals surface area contributed by atoms with E-state index in [4.69, 9.17) is 19.5 Å². The maximum absolute atomic E-state index is 13.3. The number of hydrogen-bond donors (Lipinski definition) is 2. The van der Waals surface area contributed by atoms with Gasteiger partial charge in [0.15, 0.2) is 12.6 Å². The van der Waals surface area contributed by atoms with Crippen LogP contribution in [-0.2, 0) is 43.4 Å². The lowest BCUT2D eigenvalue weighted by Gasteiger charge is -2.17. The third-order valence-corrected chi connectivity index (χ3v) is 5.06. The molecule has 0 aliphatic rings. The van der Waals surface area contributed by atoms with Crippen LogP contribution in [0.3, 0.4) is 0 Å². The Morgan fingerprint density at radius 2 is 1.62 bits per heavy atom. The molecule has 1 unspecified atom stereocenters. The van der Waals surface area contributed by atoms with Gasteiger partial charge in [-0.25, -0.2) is 18.4 Å². The molecule has 0 saturated carbocycles. The summed E-state index contributed by atoms with van der Waals surface area (Å²) in [6.07, 6.45) is 1.55. The molecule has 0 radical (unpaired) electrons. The quantitative estimate of drug-likeness (QED) is 0.335. The van der Waals surface area contributed by atoms with Gasteiger partial charge in [0.1, 0.15) is 24.3 Å². The number of aromatic nitrogens is 1. The minimum Gasteiger partial charge on any atom is -0.449 e. The summed E-state index contributed by atoms with van der Waals surface area (Å²) < 4.78 is 41.5. The number of nitrogens with zero attached hydrogens (tertiary/aromatic N) is 2. The summed E-state index contributed by atoms with van der Waals surface area (Å²) in [6, 6.07) is 13.7. The minimum absolute atomic E-state index is 0.0755. The first-order valence-electron chi connectivity index (χ1n) is 11.6. The van der Waals surface area contributed by atoms with Crippen molar-refractivity contribution in [1.29, 1.82) is 5.26 Å². The van der Waals surface area contributed by atoms with Crippen LogP contribution in [0.2, 0.25) is 0 Å². The van der Waals surface area contributed by atoms with Gasteiger partial charge in [-0.1, -0.05) is 24.3 Å². The molecular weight excluding hydrogens is 514 g/mol. The molecular formula is C27H24F2N4O6. The van der Waals surface area contributed by atoms with E-state index in [2.05, 4.69) is 15.6 Å². The first kappa shape index (κ1) is 28.7. The molecule has 2 amide bonds. The third kappa shape index (κ3) is 10.2. The highest BCUT2D eigenvalue weighted by Gasteiger charge is 2.23. The summed E-state index contributed by atoms with van der Waals surface area (Å²) in [5.41, 5.74) is 2.19. The monoisotopic (exact) mass is 538 g/mol. The zero-order valence-electron chi connectivity index (χ0n) is 20.6. The van der Waals surface area contributed by atoms with Crippen LogP contribution in [0.4, 0.5) is 19.3 Å². The van der Waals surface area contributed by atoms with E-state index in [-0.39, 0.29) is 38.0 Å². The zero-order valence-corrected chi connectivity index (χ0v) is 20.6. The van der Waals surface area contributed by atoms with E-state index < -0.39 is 30.5 Å². The van der Waals surface area contributed by atoms with Crippen molar-refractivity contribution in [3.63, 3.8) is 0 Å². The molecule has 3 aromatic rings. The Bertz CT molecular complexity index is 1310. The predicted octanol–water partition coefficient (Wildman–Crippen LogP) is 3.42. The Morgan fingerprint density at radius 3 is 2.31 bits per heavy atom. The van der Waals surface area contributed by atoms with Gasteiger partial charge in [0.2, 0.25) is 5.91 Å². The lowest BCUT2D eigenvalue weighted by molar-refractivity contribution is -0.146.